The van der Waals surface area contributed by atoms with E-state index in [-0.39, 0.29) is 24.0 Å². The number of aryl methyl sites for hydroxylation is 1. The highest BCUT2D eigenvalue weighted by Crippen LogP contribution is 2.10. The van der Waals surface area contributed by atoms with Gasteiger partial charge in [-0.25, -0.2) is 4.99 Å². The van der Waals surface area contributed by atoms with E-state index in [1.807, 2.05) is 65.2 Å². The Hall–Kier alpha value is -3.20. The monoisotopic (exact) mass is 524 g/mol. The number of aliphatic imine (C=N–C) groups is 1. The second kappa shape index (κ2) is 11.3. The van der Waals surface area contributed by atoms with Crippen LogP contribution in [0.3, 0.4) is 0 Å². The molecule has 2 N–H and O–H groups in total. The summed E-state index contributed by atoms with van der Waals surface area (Å²) >= 11 is 0. The van der Waals surface area contributed by atoms with Gasteiger partial charge >= 0.3 is 0 Å². The number of nitrogens with zero attached hydrogens (tertiary/aromatic N) is 4. The standard InChI is InChI=1S/C24H24N6.HI/c1-19-12-14-20(15-13-19)16-25-24(28-21-8-4-2-5-9-21)26-17-23-29-27-18-30(23)22-10-6-3-7-11-22;/h2-15,18H,16-17H2,1H3,(H2,25,26,28);1H. The number of benzene rings is 3. The molecule has 0 radical (unpaired) electrons. The molecule has 0 unspecified atom stereocenters. The van der Waals surface area contributed by atoms with Crippen LogP contribution in [-0.2, 0) is 13.1 Å². The van der Waals surface area contributed by atoms with Gasteiger partial charge < -0.3 is 10.6 Å². The Morgan fingerprint density at radius 2 is 1.58 bits per heavy atom. The first-order valence-corrected chi connectivity index (χ1v) is 9.88. The molecule has 0 amide bonds. The van der Waals surface area contributed by atoms with Crippen molar-refractivity contribution in [2.75, 3.05) is 5.32 Å². The fourth-order valence-electron chi connectivity index (χ4n) is 3.01. The van der Waals surface area contributed by atoms with Gasteiger partial charge in [-0.3, -0.25) is 4.57 Å². The average Bonchev–Trinajstić information content (AvgIpc) is 3.27. The largest absolute Gasteiger partial charge is 0.349 e. The molecule has 7 heteroatoms. The lowest BCUT2D eigenvalue weighted by Gasteiger charge is -2.13. The molecule has 0 aliphatic rings. The summed E-state index contributed by atoms with van der Waals surface area (Å²) in [5, 5.41) is 15.1. The maximum atomic E-state index is 4.76. The number of rotatable bonds is 6. The lowest BCUT2D eigenvalue weighted by Crippen LogP contribution is -2.31. The van der Waals surface area contributed by atoms with Crippen LogP contribution in [0.2, 0.25) is 0 Å². The van der Waals surface area contributed by atoms with E-state index in [9.17, 15) is 0 Å². The zero-order valence-electron chi connectivity index (χ0n) is 17.3. The fraction of sp³-hybridized carbons (Fsp3) is 0.125. The molecule has 0 aliphatic carbocycles. The van der Waals surface area contributed by atoms with Gasteiger partial charge in [-0.1, -0.05) is 66.2 Å². The van der Waals surface area contributed by atoms with Crippen molar-refractivity contribution >= 4 is 35.6 Å². The lowest BCUT2D eigenvalue weighted by molar-refractivity contribution is 0.787. The van der Waals surface area contributed by atoms with E-state index in [1.54, 1.807) is 6.33 Å². The number of halogens is 1. The summed E-state index contributed by atoms with van der Waals surface area (Å²) < 4.78 is 1.97. The zero-order chi connectivity index (χ0) is 20.6. The smallest absolute Gasteiger partial charge is 0.196 e. The molecule has 31 heavy (non-hydrogen) atoms. The van der Waals surface area contributed by atoms with Gasteiger partial charge in [-0.05, 0) is 36.8 Å². The highest BCUT2D eigenvalue weighted by atomic mass is 127. The van der Waals surface area contributed by atoms with E-state index >= 15 is 0 Å². The molecule has 0 aliphatic heterocycles. The second-order valence-electron chi connectivity index (χ2n) is 6.95. The molecule has 0 fully saturated rings. The van der Waals surface area contributed by atoms with Gasteiger partial charge in [-0.2, -0.15) is 0 Å². The SMILES string of the molecule is Cc1ccc(CN=C(NCc2nncn2-c2ccccc2)Nc2ccccc2)cc1.I. The predicted molar refractivity (Wildman–Crippen MR) is 136 cm³/mol. The summed E-state index contributed by atoms with van der Waals surface area (Å²) in [7, 11) is 0. The predicted octanol–water partition coefficient (Wildman–Crippen LogP) is 4.95. The maximum Gasteiger partial charge on any atom is 0.196 e. The van der Waals surface area contributed by atoms with Crippen LogP contribution in [0.25, 0.3) is 5.69 Å². The van der Waals surface area contributed by atoms with Gasteiger partial charge in [0.25, 0.3) is 0 Å². The van der Waals surface area contributed by atoms with Crippen molar-refractivity contribution in [3.63, 3.8) is 0 Å². The fourth-order valence-corrected chi connectivity index (χ4v) is 3.01. The van der Waals surface area contributed by atoms with Gasteiger partial charge in [0.05, 0.1) is 13.1 Å². The Labute approximate surface area is 199 Å². The number of para-hydroxylation sites is 2. The van der Waals surface area contributed by atoms with Crippen molar-refractivity contribution < 1.29 is 0 Å². The number of nitrogens with one attached hydrogen (secondary N) is 2. The van der Waals surface area contributed by atoms with Gasteiger partial charge in [-0.15, -0.1) is 34.2 Å². The lowest BCUT2D eigenvalue weighted by atomic mass is 10.1. The van der Waals surface area contributed by atoms with E-state index in [1.165, 1.54) is 5.56 Å². The van der Waals surface area contributed by atoms with Crippen LogP contribution in [0, 0.1) is 6.92 Å². The van der Waals surface area contributed by atoms with Crippen LogP contribution in [-0.4, -0.2) is 20.7 Å². The minimum atomic E-state index is 0. The second-order valence-corrected chi connectivity index (χ2v) is 6.95. The molecule has 4 rings (SSSR count). The molecule has 0 bridgehead atoms. The van der Waals surface area contributed by atoms with E-state index in [2.05, 4.69) is 52.0 Å². The highest BCUT2D eigenvalue weighted by Gasteiger charge is 2.08. The molecular weight excluding hydrogens is 499 g/mol. The Morgan fingerprint density at radius 3 is 2.29 bits per heavy atom. The Balaban J connectivity index is 0.00000272. The van der Waals surface area contributed by atoms with Gasteiger partial charge in [0, 0.05) is 11.4 Å². The van der Waals surface area contributed by atoms with Crippen LogP contribution >= 0.6 is 24.0 Å². The Kier molecular flexibility index (Phi) is 8.17. The summed E-state index contributed by atoms with van der Waals surface area (Å²) in [5.74, 6) is 1.49. The summed E-state index contributed by atoms with van der Waals surface area (Å²) in [6.45, 7) is 3.15. The van der Waals surface area contributed by atoms with E-state index in [0.717, 1.165) is 22.8 Å². The van der Waals surface area contributed by atoms with E-state index in [0.29, 0.717) is 19.0 Å². The van der Waals surface area contributed by atoms with E-state index in [4.69, 9.17) is 4.99 Å². The van der Waals surface area contributed by atoms with Crippen molar-refractivity contribution in [2.24, 2.45) is 4.99 Å². The summed E-state index contributed by atoms with van der Waals surface area (Å²) in [6, 6.07) is 28.4. The zero-order valence-corrected chi connectivity index (χ0v) is 19.6. The Bertz CT molecular complexity index is 1090. The molecule has 1 aromatic heterocycles. The van der Waals surface area contributed by atoms with Crippen LogP contribution in [0.4, 0.5) is 5.69 Å². The molecular formula is C24H25IN6. The van der Waals surface area contributed by atoms with Crippen molar-refractivity contribution in [3.8, 4) is 5.69 Å². The first-order valence-electron chi connectivity index (χ1n) is 9.88. The molecule has 0 saturated heterocycles. The highest BCUT2D eigenvalue weighted by molar-refractivity contribution is 14.0. The third-order valence-corrected chi connectivity index (χ3v) is 4.64. The number of aromatic nitrogens is 3. The summed E-state index contributed by atoms with van der Waals surface area (Å²) in [6.07, 6.45) is 1.72. The topological polar surface area (TPSA) is 67.1 Å². The quantitative estimate of drug-likeness (QED) is 0.213. The molecule has 4 aromatic rings. The molecule has 0 atom stereocenters. The number of guanidine groups is 1. The molecule has 3 aromatic carbocycles. The van der Waals surface area contributed by atoms with Crippen LogP contribution in [0.1, 0.15) is 17.0 Å². The first-order chi connectivity index (χ1) is 14.8. The minimum absolute atomic E-state index is 0. The maximum absolute atomic E-state index is 4.76. The van der Waals surface area contributed by atoms with Crippen molar-refractivity contribution in [1.29, 1.82) is 0 Å². The summed E-state index contributed by atoms with van der Waals surface area (Å²) in [4.78, 5) is 4.76. The normalized spacial score (nSPS) is 10.9. The van der Waals surface area contributed by atoms with Crippen LogP contribution in [0.5, 0.6) is 0 Å². The number of anilines is 1. The first kappa shape index (κ1) is 22.5. The van der Waals surface area contributed by atoms with Crippen molar-refractivity contribution in [2.45, 2.75) is 20.0 Å². The van der Waals surface area contributed by atoms with Gasteiger partial charge in [0.15, 0.2) is 11.8 Å². The van der Waals surface area contributed by atoms with Crippen molar-refractivity contribution in [1.82, 2.24) is 20.1 Å². The molecule has 1 heterocycles. The van der Waals surface area contributed by atoms with E-state index < -0.39 is 0 Å². The third-order valence-electron chi connectivity index (χ3n) is 4.64. The summed E-state index contributed by atoms with van der Waals surface area (Å²) in [5.41, 5.74) is 4.39. The number of hydrogen-bond donors (Lipinski definition) is 2. The molecule has 0 spiro atoms. The van der Waals surface area contributed by atoms with Crippen molar-refractivity contribution in [3.05, 3.63) is 108 Å². The third kappa shape index (κ3) is 6.39. The van der Waals surface area contributed by atoms with Gasteiger partial charge in [0.2, 0.25) is 0 Å². The average molecular weight is 524 g/mol. The molecule has 158 valence electrons. The van der Waals surface area contributed by atoms with Crippen LogP contribution < -0.4 is 10.6 Å². The van der Waals surface area contributed by atoms with Gasteiger partial charge in [0.1, 0.15) is 6.33 Å². The minimum Gasteiger partial charge on any atom is -0.349 e. The Morgan fingerprint density at radius 1 is 0.903 bits per heavy atom. The van der Waals surface area contributed by atoms with Crippen LogP contribution in [0.15, 0.2) is 96.2 Å². The number of hydrogen-bond acceptors (Lipinski definition) is 3. The molecule has 0 saturated carbocycles. The molecule has 6 nitrogen and oxygen atoms in total.